The monoisotopic (exact) mass is 1200 g/mol. The molecule has 25 heteroatoms. The zero-order valence-corrected chi connectivity index (χ0v) is 47.1. The van der Waals surface area contributed by atoms with Crippen LogP contribution in [0.2, 0.25) is 0 Å². The Labute approximate surface area is 492 Å². The van der Waals surface area contributed by atoms with Crippen molar-refractivity contribution in [2.45, 2.75) is 94.7 Å². The Morgan fingerprint density at radius 2 is 1.69 bits per heavy atom. The third-order valence-corrected chi connectivity index (χ3v) is 17.4. The molecular weight excluding hydrogens is 1140 g/mol. The Kier molecular flexibility index (Phi) is 15.8. The van der Waals surface area contributed by atoms with E-state index < -0.39 is 83.3 Å². The number of ether oxygens (including phenoxy) is 3. The number of carbonyl (C=O) groups excluding carboxylic acids is 2. The number of halogens is 6. The average molecular weight is 1200 g/mol. The first-order chi connectivity index (χ1) is 41.4. The zero-order valence-electron chi connectivity index (χ0n) is 46.3. The predicted octanol–water partition coefficient (Wildman–Crippen LogP) is 9.02. The molecule has 7 heterocycles. The summed E-state index contributed by atoms with van der Waals surface area (Å²) in [5, 5.41) is 46.4. The van der Waals surface area contributed by atoms with E-state index in [1.54, 1.807) is 44.3 Å². The number of nitrogens with zero attached hydrogens (tertiary/aromatic N) is 8. The molecule has 12 rings (SSSR count). The highest BCUT2D eigenvalue weighted by Gasteiger charge is 2.45. The number of rotatable bonds is 16. The minimum absolute atomic E-state index is 0.00781. The molecule has 0 radical (unpaired) electrons. The van der Waals surface area contributed by atoms with Crippen LogP contribution in [0.1, 0.15) is 73.9 Å². The molecule has 4 aliphatic rings. The molecule has 0 spiro atoms. The lowest BCUT2D eigenvalue weighted by molar-refractivity contribution is -0.142. The van der Waals surface area contributed by atoms with Gasteiger partial charge in [0.25, 0.3) is 0 Å². The highest BCUT2D eigenvalue weighted by atomic mass is 32.1. The molecule has 4 fully saturated rings. The smallest absolute Gasteiger partial charge is 0.417 e. The van der Waals surface area contributed by atoms with E-state index in [2.05, 4.69) is 20.9 Å². The number of aliphatic hydroxyl groups is 2. The number of thiophene rings is 1. The van der Waals surface area contributed by atoms with E-state index in [1.807, 2.05) is 11.0 Å². The summed E-state index contributed by atoms with van der Waals surface area (Å²) in [6, 6.07) is 18.2. The number of carbonyl (C=O) groups is 2. The van der Waals surface area contributed by atoms with Crippen LogP contribution in [-0.4, -0.2) is 122 Å². The van der Waals surface area contributed by atoms with E-state index in [9.17, 15) is 33.8 Å². The minimum atomic E-state index is -5.04. The van der Waals surface area contributed by atoms with Crippen molar-refractivity contribution >= 4 is 55.0 Å². The molecule has 6 N–H and O–H groups in total. The van der Waals surface area contributed by atoms with Crippen LogP contribution in [0.4, 0.5) is 37.2 Å². The second kappa shape index (κ2) is 23.5. The first-order valence-electron chi connectivity index (χ1n) is 28.1. The highest BCUT2D eigenvalue weighted by molar-refractivity contribution is 7.23. The molecule has 86 heavy (non-hydrogen) atoms. The summed E-state index contributed by atoms with van der Waals surface area (Å²) < 4.78 is 113. The second-order valence-corrected chi connectivity index (χ2v) is 23.3. The van der Waals surface area contributed by atoms with Gasteiger partial charge in [0.15, 0.2) is 5.75 Å². The summed E-state index contributed by atoms with van der Waals surface area (Å²) in [6.07, 6.45) is -3.21. The first kappa shape index (κ1) is 58.0. The van der Waals surface area contributed by atoms with Crippen molar-refractivity contribution in [3.05, 3.63) is 131 Å². The molecule has 2 amide bonds. The number of hydrogen-bond acceptors (Lipinski definition) is 16. The summed E-state index contributed by atoms with van der Waals surface area (Å²) >= 11 is 0.748. The van der Waals surface area contributed by atoms with E-state index in [0.717, 1.165) is 42.0 Å². The molecule has 3 aromatic heterocycles. The molecule has 0 saturated carbocycles. The maximum absolute atomic E-state index is 16.0. The van der Waals surface area contributed by atoms with Crippen LogP contribution in [0.25, 0.3) is 54.5 Å². The summed E-state index contributed by atoms with van der Waals surface area (Å²) in [4.78, 5) is 41.5. The molecule has 0 unspecified atom stereocenters. The number of alkyl halides is 3. The molecule has 8 aromatic rings. The Bertz CT molecular complexity index is 3930. The lowest BCUT2D eigenvalue weighted by Crippen LogP contribution is -2.50. The predicted molar refractivity (Wildman–Crippen MR) is 306 cm³/mol. The Morgan fingerprint density at radius 3 is 2.35 bits per heavy atom. The van der Waals surface area contributed by atoms with E-state index in [-0.39, 0.29) is 104 Å². The zero-order chi connectivity index (χ0) is 60.3. The molecule has 5 aromatic carbocycles. The number of aliphatic hydroxyl groups excluding tert-OH is 2. The van der Waals surface area contributed by atoms with E-state index in [1.165, 1.54) is 46.0 Å². The van der Waals surface area contributed by atoms with Crippen molar-refractivity contribution in [2.24, 2.45) is 5.92 Å². The van der Waals surface area contributed by atoms with Crippen LogP contribution < -0.4 is 30.7 Å². The number of nitrogens with two attached hydrogens (primary N) is 1. The lowest BCUT2D eigenvalue weighted by Gasteiger charge is -2.31. The van der Waals surface area contributed by atoms with Gasteiger partial charge in [-0.1, -0.05) is 79.7 Å². The number of amides is 2. The lowest BCUT2D eigenvalue weighted by atomic mass is 9.92. The molecule has 446 valence electrons. The molecule has 4 saturated heterocycles. The molecule has 6 atom stereocenters. The Morgan fingerprint density at radius 1 is 0.953 bits per heavy atom. The highest BCUT2D eigenvalue weighted by Crippen LogP contribution is 2.52. The van der Waals surface area contributed by atoms with Crippen molar-refractivity contribution in [3.63, 3.8) is 0 Å². The maximum atomic E-state index is 16.0. The maximum Gasteiger partial charge on any atom is 0.417 e. The largest absolute Gasteiger partial charge is 0.486 e. The number of anilines is 2. The van der Waals surface area contributed by atoms with E-state index in [4.69, 9.17) is 29.9 Å². The molecule has 0 aliphatic carbocycles. The van der Waals surface area contributed by atoms with Crippen molar-refractivity contribution in [1.82, 2.24) is 40.5 Å². The topological polar surface area (TPSA) is 239 Å². The van der Waals surface area contributed by atoms with Crippen molar-refractivity contribution in [1.29, 1.82) is 5.26 Å². The number of nitrogens with one attached hydrogen (secondary N) is 2. The average Bonchev–Trinajstić information content (AvgIpc) is 1.23. The number of nitrogen functional groups attached to an aromatic ring is 1. The van der Waals surface area contributed by atoms with Crippen LogP contribution in [0, 0.1) is 34.7 Å². The van der Waals surface area contributed by atoms with Crippen LogP contribution in [0.5, 0.6) is 11.8 Å². The quantitative estimate of drug-likeness (QED) is 0.0567. The van der Waals surface area contributed by atoms with Crippen LogP contribution in [-0.2, 0) is 27.1 Å². The van der Waals surface area contributed by atoms with E-state index >= 15 is 17.6 Å². The van der Waals surface area contributed by atoms with Gasteiger partial charge in [-0.3, -0.25) is 9.59 Å². The third-order valence-electron chi connectivity index (χ3n) is 16.4. The van der Waals surface area contributed by atoms with Crippen molar-refractivity contribution < 1.29 is 60.4 Å². The van der Waals surface area contributed by atoms with Gasteiger partial charge < -0.3 is 50.6 Å². The number of β-amino-alcohol motifs (C(OH)–C–C–N with tert-alkyl or cyclic N) is 1. The van der Waals surface area contributed by atoms with Gasteiger partial charge in [-0.2, -0.15) is 28.4 Å². The molecule has 4 aliphatic heterocycles. The van der Waals surface area contributed by atoms with Crippen LogP contribution in [0.15, 0.2) is 91.1 Å². The summed E-state index contributed by atoms with van der Waals surface area (Å²) in [6.45, 7) is 4.41. The van der Waals surface area contributed by atoms with Gasteiger partial charge >= 0.3 is 12.2 Å². The molecular formula is C61H57F6N11O7S. The van der Waals surface area contributed by atoms with Gasteiger partial charge in [-0.15, -0.1) is 16.4 Å². The second-order valence-electron chi connectivity index (χ2n) is 22.3. The van der Waals surface area contributed by atoms with Crippen LogP contribution in [0.3, 0.4) is 0 Å². The number of benzene rings is 5. The van der Waals surface area contributed by atoms with Crippen molar-refractivity contribution in [3.8, 4) is 51.3 Å². The number of hydrogen-bond donors (Lipinski definition) is 5. The van der Waals surface area contributed by atoms with Gasteiger partial charge in [0.2, 0.25) is 11.8 Å². The SMILES string of the molecule is CC(C)[C@@H](C(=O)N1C[C@H](O)C[C@H]1C(=O)N[C@@H](CO)c1ccc(-c2c(F)cccc2F)cc1)n1cc(-c2ccc(COc3c(-c4ccc(F)c5sc(N)c(C#N)c45)c(C(F)(F)F)cc4c(N5C[C@@H]6C[C@H]5CN6)nc(OC5CCOCC5)nc34)cc2)nn1. The third kappa shape index (κ3) is 11.0. The number of nitriles is 1. The standard InChI is InChI=1S/C61H57F6N11O7S/c1-30(2)53(59(82)77-26-37(80)21-48(77)58(81)71-47(28-79)33-10-12-34(13-11-33)49-43(62)4-3-5-44(49)63)78-27-46(74-75-78)32-8-6-31(7-9-32)29-84-54-51(39-14-15-45(64)55-50(39)41(23-68)56(69)86-55)42(61(65,66)67)22-40-52(54)72-60(85-38-16-18-83-19-17-38)73-57(40)76-25-35-20-36(76)24-70-35/h3-15,22,27,30,35-38,47-48,53,70,79-80H,16-21,24-26,28-29,69H2,1-2H3,(H,71,81)/t35-,36-,37+,47-,48-,53-/m0/s1. The van der Waals surface area contributed by atoms with Gasteiger partial charge in [-0.25, -0.2) is 17.9 Å². The van der Waals surface area contributed by atoms with E-state index in [0.29, 0.717) is 61.5 Å². The number of likely N-dealkylation sites (tertiary alicyclic amines) is 1. The number of fused-ring (bicyclic) bond motifs is 4. The Balaban J connectivity index is 0.840. The van der Waals surface area contributed by atoms with Crippen LogP contribution >= 0.6 is 11.3 Å². The molecule has 18 nitrogen and oxygen atoms in total. The van der Waals surface area contributed by atoms with Gasteiger partial charge in [0, 0.05) is 72.9 Å². The van der Waals surface area contributed by atoms with Gasteiger partial charge in [-0.05, 0) is 58.9 Å². The fraction of sp³-hybridized carbons (Fsp3) is 0.361. The van der Waals surface area contributed by atoms with Gasteiger partial charge in [0.05, 0.1) is 59.6 Å². The fourth-order valence-electron chi connectivity index (χ4n) is 12.2. The van der Waals surface area contributed by atoms with Gasteiger partial charge in [0.1, 0.15) is 70.3 Å². The summed E-state index contributed by atoms with van der Waals surface area (Å²) in [7, 11) is 0. The number of piperazine rings is 1. The fourth-order valence-corrected chi connectivity index (χ4v) is 13.1. The minimum Gasteiger partial charge on any atom is -0.486 e. The Hall–Kier alpha value is -8.41. The summed E-state index contributed by atoms with van der Waals surface area (Å²) in [5.41, 5.74) is 6.05. The van der Waals surface area contributed by atoms with Crippen molar-refractivity contribution in [2.75, 3.05) is 50.1 Å². The normalized spacial score (nSPS) is 19.6. The summed E-state index contributed by atoms with van der Waals surface area (Å²) in [5.74, 6) is -3.98. The molecule has 2 bridgehead atoms. The number of aromatic nitrogens is 5. The first-order valence-corrected chi connectivity index (χ1v) is 28.9.